The van der Waals surface area contributed by atoms with E-state index < -0.39 is 0 Å². The highest BCUT2D eigenvalue weighted by atomic mass is 32.1. The van der Waals surface area contributed by atoms with Crippen LogP contribution >= 0.6 is 11.3 Å². The SMILES string of the molecule is CCCCCCc1cc(C#N)sc1C#CC#Cc1c2nc(cc3[nH]c(cc4[nH]c(cc5nc1C(CC)=C5CC)c(CC)c4CC)c(CC)c3CC)C(CC)=C2CC. The summed E-state index contributed by atoms with van der Waals surface area (Å²) < 4.78 is 0. The molecule has 2 N–H and O–H groups in total. The zero-order valence-corrected chi connectivity index (χ0v) is 36.6. The molecule has 0 spiro atoms. The summed E-state index contributed by atoms with van der Waals surface area (Å²) in [6.07, 6.45) is 12.8. The molecule has 57 heavy (non-hydrogen) atoms. The number of hydrogen-bond acceptors (Lipinski definition) is 4. The lowest BCUT2D eigenvalue weighted by atomic mass is 9.94. The lowest BCUT2D eigenvalue weighted by molar-refractivity contribution is 0.667. The Hall–Kier alpha value is -5.09. The molecule has 6 rings (SSSR count). The molecule has 0 atom stereocenters. The van der Waals surface area contributed by atoms with Gasteiger partial charge in [-0.1, -0.05) is 81.6 Å². The maximum atomic E-state index is 9.71. The number of rotatable bonds is 13. The highest BCUT2D eigenvalue weighted by Crippen LogP contribution is 2.41. The van der Waals surface area contributed by atoms with Gasteiger partial charge in [0.1, 0.15) is 10.9 Å². The minimum absolute atomic E-state index is 0.703. The third kappa shape index (κ3) is 8.19. The Bertz CT molecular complexity index is 2450. The number of hydrogen-bond donors (Lipinski definition) is 2. The minimum atomic E-state index is 0.703. The summed E-state index contributed by atoms with van der Waals surface area (Å²) in [6.45, 7) is 20.2. The standard InChI is InChI=1S/C51H59N5S/c1-10-19-20-21-24-32-27-33(31-52)57-49(32)26-23-22-25-42-50-40(17-8)38(15-6)47(55-50)29-45-36(13-4)34(11-2)43(53-45)28-44-35(12-3)37(14-5)46(54-44)30-48-39(16-7)41(18-9)51(42)56-48/h27-30,53-54H,10-21,24H2,1-9H3. The Morgan fingerprint density at radius 1 is 0.544 bits per heavy atom. The summed E-state index contributed by atoms with van der Waals surface area (Å²) in [4.78, 5) is 20.4. The summed E-state index contributed by atoms with van der Waals surface area (Å²) in [7, 11) is 0. The number of nitrogens with zero attached hydrogens (tertiary/aromatic N) is 3. The molecule has 0 radical (unpaired) electrons. The van der Waals surface area contributed by atoms with Gasteiger partial charge in [0.25, 0.3) is 0 Å². The third-order valence-electron chi connectivity index (χ3n) is 11.7. The first-order valence-corrected chi connectivity index (χ1v) is 22.4. The van der Waals surface area contributed by atoms with Crippen molar-refractivity contribution in [2.45, 2.75) is 146 Å². The van der Waals surface area contributed by atoms with Crippen molar-refractivity contribution in [2.75, 3.05) is 0 Å². The molecule has 0 saturated heterocycles. The number of aryl methyl sites for hydroxylation is 5. The van der Waals surface area contributed by atoms with Crippen molar-refractivity contribution in [3.63, 3.8) is 0 Å². The molecular weight excluding hydrogens is 715 g/mol. The molecule has 0 amide bonds. The number of nitriles is 1. The van der Waals surface area contributed by atoms with Crippen molar-refractivity contribution < 1.29 is 0 Å². The largest absolute Gasteiger partial charge is 0.355 e. The zero-order chi connectivity index (χ0) is 40.6. The average molecular weight is 774 g/mol. The molecule has 6 heterocycles. The molecule has 2 aliphatic rings. The topological polar surface area (TPSA) is 81.1 Å². The van der Waals surface area contributed by atoms with Gasteiger partial charge in [-0.15, -0.1) is 11.3 Å². The number of aromatic amines is 2. The van der Waals surface area contributed by atoms with E-state index in [0.717, 1.165) is 114 Å². The first kappa shape index (κ1) is 41.5. The normalized spacial score (nSPS) is 12.4. The van der Waals surface area contributed by atoms with E-state index >= 15 is 0 Å². The van der Waals surface area contributed by atoms with Gasteiger partial charge >= 0.3 is 0 Å². The van der Waals surface area contributed by atoms with Gasteiger partial charge in [0.05, 0.1) is 33.2 Å². The average Bonchev–Trinajstić information content (AvgIpc) is 4.03. The Morgan fingerprint density at radius 3 is 1.46 bits per heavy atom. The van der Waals surface area contributed by atoms with Crippen LogP contribution in [0.25, 0.3) is 44.4 Å². The predicted molar refractivity (Wildman–Crippen MR) is 244 cm³/mol. The second kappa shape index (κ2) is 18.9. The maximum absolute atomic E-state index is 9.71. The molecule has 0 unspecified atom stereocenters. The van der Waals surface area contributed by atoms with Crippen molar-refractivity contribution in [3.05, 3.63) is 90.2 Å². The van der Waals surface area contributed by atoms with Gasteiger partial charge in [-0.25, -0.2) is 9.97 Å². The second-order valence-corrected chi connectivity index (χ2v) is 16.0. The fourth-order valence-corrected chi connectivity index (χ4v) is 9.87. The monoisotopic (exact) mass is 773 g/mol. The van der Waals surface area contributed by atoms with E-state index in [1.165, 1.54) is 86.2 Å². The van der Waals surface area contributed by atoms with Crippen LogP contribution in [0.1, 0.15) is 180 Å². The van der Waals surface area contributed by atoms with E-state index in [-0.39, 0.29) is 0 Å². The predicted octanol–water partition coefficient (Wildman–Crippen LogP) is 13.5. The number of thiophene rings is 1. The van der Waals surface area contributed by atoms with Gasteiger partial charge in [-0.2, -0.15) is 5.26 Å². The molecule has 294 valence electrons. The summed E-state index contributed by atoms with van der Waals surface area (Å²) in [6, 6.07) is 11.3. The molecule has 0 aromatic carbocycles. The van der Waals surface area contributed by atoms with E-state index in [9.17, 15) is 5.26 Å². The quantitative estimate of drug-likeness (QED) is 0.105. The van der Waals surface area contributed by atoms with Gasteiger partial charge < -0.3 is 9.97 Å². The van der Waals surface area contributed by atoms with Crippen molar-refractivity contribution in [1.29, 1.82) is 5.26 Å². The van der Waals surface area contributed by atoms with Crippen molar-refractivity contribution in [1.82, 2.24) is 19.9 Å². The molecule has 5 nitrogen and oxygen atoms in total. The molecule has 0 saturated carbocycles. The molecule has 0 aliphatic carbocycles. The van der Waals surface area contributed by atoms with E-state index in [1.807, 2.05) is 6.07 Å². The highest BCUT2D eigenvalue weighted by molar-refractivity contribution is 7.13. The molecule has 4 aromatic rings. The van der Waals surface area contributed by atoms with Crippen LogP contribution in [0.4, 0.5) is 0 Å². The van der Waals surface area contributed by atoms with Crippen LogP contribution in [0.15, 0.2) is 24.3 Å². The molecule has 4 aromatic heterocycles. The first-order chi connectivity index (χ1) is 27.8. The van der Waals surface area contributed by atoms with E-state index in [4.69, 9.17) is 9.97 Å². The molecule has 0 fully saturated rings. The van der Waals surface area contributed by atoms with E-state index in [2.05, 4.69) is 120 Å². The van der Waals surface area contributed by atoms with Crippen LogP contribution in [-0.2, 0) is 32.1 Å². The van der Waals surface area contributed by atoms with Crippen molar-refractivity contribution >= 4 is 55.7 Å². The molecular formula is C51H59N5S. The lowest BCUT2D eigenvalue weighted by Crippen LogP contribution is -1.95. The summed E-state index contributed by atoms with van der Waals surface area (Å²) in [5, 5.41) is 9.71. The zero-order valence-electron chi connectivity index (χ0n) is 35.8. The van der Waals surface area contributed by atoms with Crippen molar-refractivity contribution in [2.24, 2.45) is 0 Å². The maximum Gasteiger partial charge on any atom is 0.110 e. The van der Waals surface area contributed by atoms with E-state index in [0.29, 0.717) is 4.88 Å². The van der Waals surface area contributed by atoms with Gasteiger partial charge in [-0.05, 0) is 162 Å². The second-order valence-electron chi connectivity index (χ2n) is 14.9. The number of nitrogens with one attached hydrogen (secondary N) is 2. The Labute approximate surface area is 345 Å². The van der Waals surface area contributed by atoms with Gasteiger partial charge in [0, 0.05) is 22.1 Å². The lowest BCUT2D eigenvalue weighted by Gasteiger charge is -2.08. The molecule has 6 heteroatoms. The van der Waals surface area contributed by atoms with E-state index in [1.54, 1.807) is 0 Å². The smallest absolute Gasteiger partial charge is 0.110 e. The van der Waals surface area contributed by atoms with Gasteiger partial charge in [-0.3, -0.25) is 0 Å². The number of aromatic nitrogens is 4. The molecule has 8 bridgehead atoms. The fourth-order valence-electron chi connectivity index (χ4n) is 9.01. The van der Waals surface area contributed by atoms with Crippen LogP contribution in [0.3, 0.4) is 0 Å². The summed E-state index contributed by atoms with van der Waals surface area (Å²) in [5.41, 5.74) is 20.9. The van der Waals surface area contributed by atoms with Crippen LogP contribution < -0.4 is 0 Å². The number of H-pyrrole nitrogens is 2. The fraction of sp³-hybridized carbons (Fsp3) is 0.431. The Kier molecular flexibility index (Phi) is 13.8. The van der Waals surface area contributed by atoms with Gasteiger partial charge in [0.2, 0.25) is 0 Å². The first-order valence-electron chi connectivity index (χ1n) is 21.6. The van der Waals surface area contributed by atoms with Crippen molar-refractivity contribution in [3.8, 4) is 29.8 Å². The number of allylic oxidation sites excluding steroid dienone is 4. The van der Waals surface area contributed by atoms with Crippen LogP contribution in [-0.4, -0.2) is 19.9 Å². The van der Waals surface area contributed by atoms with Crippen LogP contribution in [0.2, 0.25) is 0 Å². The molecule has 2 aliphatic heterocycles. The minimum Gasteiger partial charge on any atom is -0.355 e. The van der Waals surface area contributed by atoms with Crippen LogP contribution in [0, 0.1) is 35.0 Å². The Balaban J connectivity index is 1.73. The number of unbranched alkanes of at least 4 members (excludes halogenated alkanes) is 3. The number of fused-ring (bicyclic) bond motifs is 8. The Morgan fingerprint density at radius 2 is 1.02 bits per heavy atom. The third-order valence-corrected chi connectivity index (χ3v) is 12.7. The summed E-state index contributed by atoms with van der Waals surface area (Å²) in [5.74, 6) is 13.5. The van der Waals surface area contributed by atoms with Crippen LogP contribution in [0.5, 0.6) is 0 Å². The highest BCUT2D eigenvalue weighted by Gasteiger charge is 2.27. The van der Waals surface area contributed by atoms with Gasteiger partial charge in [0.15, 0.2) is 0 Å². The summed E-state index contributed by atoms with van der Waals surface area (Å²) >= 11 is 1.47.